The SMILES string of the molecule is Cc1cc(O)c(-c2cc(C(=O)Nc3cccc(C(F)(F)F)c3)[nH]n2)cc1C. The Balaban J connectivity index is 1.83. The largest absolute Gasteiger partial charge is 0.507 e. The van der Waals surface area contributed by atoms with Crippen molar-refractivity contribution in [3.63, 3.8) is 0 Å². The number of aryl methyl sites for hydroxylation is 2. The highest BCUT2D eigenvalue weighted by atomic mass is 19.4. The standard InChI is InChI=1S/C19H16F3N3O2/c1-10-6-14(17(26)7-11(10)2)15-9-16(25-24-15)18(27)23-13-5-3-4-12(8-13)19(20,21)22/h3-9,26H,1-2H3,(H,23,27)(H,24,25). The van der Waals surface area contributed by atoms with E-state index in [9.17, 15) is 23.1 Å². The minimum absolute atomic E-state index is 0.0139. The van der Waals surface area contributed by atoms with Crippen molar-refractivity contribution in [2.45, 2.75) is 20.0 Å². The molecule has 0 unspecified atom stereocenters. The molecule has 0 radical (unpaired) electrons. The number of aromatic hydroxyl groups is 1. The van der Waals surface area contributed by atoms with E-state index in [2.05, 4.69) is 15.5 Å². The number of anilines is 1. The fourth-order valence-electron chi connectivity index (χ4n) is 2.55. The molecular formula is C19H16F3N3O2. The third-order valence-electron chi connectivity index (χ3n) is 4.16. The van der Waals surface area contributed by atoms with Crippen LogP contribution in [0.1, 0.15) is 27.2 Å². The molecule has 8 heteroatoms. The Morgan fingerprint density at radius 1 is 1.11 bits per heavy atom. The molecule has 5 nitrogen and oxygen atoms in total. The van der Waals surface area contributed by atoms with Crippen molar-refractivity contribution < 1.29 is 23.1 Å². The lowest BCUT2D eigenvalue weighted by Gasteiger charge is -2.09. The van der Waals surface area contributed by atoms with Crippen LogP contribution in [-0.4, -0.2) is 21.2 Å². The molecule has 2 aromatic carbocycles. The van der Waals surface area contributed by atoms with E-state index in [1.165, 1.54) is 18.2 Å². The van der Waals surface area contributed by atoms with Crippen LogP contribution in [0.2, 0.25) is 0 Å². The second-order valence-corrected chi connectivity index (χ2v) is 6.15. The topological polar surface area (TPSA) is 78.0 Å². The molecule has 0 saturated heterocycles. The number of aromatic amines is 1. The summed E-state index contributed by atoms with van der Waals surface area (Å²) in [6, 6.07) is 9.12. The second-order valence-electron chi connectivity index (χ2n) is 6.15. The first-order chi connectivity index (χ1) is 12.6. The maximum Gasteiger partial charge on any atom is 0.416 e. The first kappa shape index (κ1) is 18.5. The predicted octanol–water partition coefficient (Wildman–Crippen LogP) is 4.67. The number of hydrogen-bond donors (Lipinski definition) is 3. The Bertz CT molecular complexity index is 1010. The lowest BCUT2D eigenvalue weighted by molar-refractivity contribution is -0.137. The van der Waals surface area contributed by atoms with Crippen molar-refractivity contribution in [2.75, 3.05) is 5.32 Å². The summed E-state index contributed by atoms with van der Waals surface area (Å²) in [6.45, 7) is 3.74. The van der Waals surface area contributed by atoms with Gasteiger partial charge in [-0.3, -0.25) is 9.89 Å². The molecule has 3 aromatic rings. The number of carbonyl (C=O) groups is 1. The van der Waals surface area contributed by atoms with Gasteiger partial charge in [0.1, 0.15) is 11.4 Å². The zero-order valence-corrected chi connectivity index (χ0v) is 14.5. The number of rotatable bonds is 3. The summed E-state index contributed by atoms with van der Waals surface area (Å²) in [5.41, 5.74) is 1.87. The monoisotopic (exact) mass is 375 g/mol. The van der Waals surface area contributed by atoms with Crippen LogP contribution in [0.4, 0.5) is 18.9 Å². The van der Waals surface area contributed by atoms with Gasteiger partial charge < -0.3 is 10.4 Å². The number of phenols is 1. The Morgan fingerprint density at radius 2 is 1.81 bits per heavy atom. The summed E-state index contributed by atoms with van der Waals surface area (Å²) in [4.78, 5) is 12.3. The molecule has 3 rings (SSSR count). The molecule has 0 saturated carbocycles. The summed E-state index contributed by atoms with van der Waals surface area (Å²) in [5.74, 6) is -0.620. The molecule has 0 atom stereocenters. The van der Waals surface area contributed by atoms with Crippen LogP contribution in [0.3, 0.4) is 0 Å². The maximum atomic E-state index is 12.8. The van der Waals surface area contributed by atoms with Gasteiger partial charge in [-0.1, -0.05) is 6.07 Å². The zero-order chi connectivity index (χ0) is 19.8. The Morgan fingerprint density at radius 3 is 2.52 bits per heavy atom. The number of alkyl halides is 3. The van der Waals surface area contributed by atoms with Gasteiger partial charge in [-0.05, 0) is 61.4 Å². The number of nitrogens with zero attached hydrogens (tertiary/aromatic N) is 1. The average molecular weight is 375 g/mol. The van der Waals surface area contributed by atoms with E-state index in [0.717, 1.165) is 23.3 Å². The highest BCUT2D eigenvalue weighted by molar-refractivity contribution is 6.03. The number of hydrogen-bond acceptors (Lipinski definition) is 3. The number of benzene rings is 2. The van der Waals surface area contributed by atoms with E-state index < -0.39 is 17.6 Å². The molecule has 1 amide bonds. The molecule has 0 aliphatic carbocycles. The molecule has 0 fully saturated rings. The van der Waals surface area contributed by atoms with Crippen molar-refractivity contribution in [3.05, 3.63) is 64.8 Å². The van der Waals surface area contributed by atoms with Crippen molar-refractivity contribution in [1.29, 1.82) is 0 Å². The van der Waals surface area contributed by atoms with Gasteiger partial charge in [0.2, 0.25) is 0 Å². The maximum absolute atomic E-state index is 12.8. The molecule has 0 bridgehead atoms. The van der Waals surface area contributed by atoms with E-state index in [-0.39, 0.29) is 17.1 Å². The first-order valence-electron chi connectivity index (χ1n) is 8.00. The van der Waals surface area contributed by atoms with Crippen LogP contribution in [0.15, 0.2) is 42.5 Å². The summed E-state index contributed by atoms with van der Waals surface area (Å²) >= 11 is 0. The minimum Gasteiger partial charge on any atom is -0.507 e. The number of phenolic OH excluding ortho intramolecular Hbond substituents is 1. The van der Waals surface area contributed by atoms with Gasteiger partial charge in [0.05, 0.1) is 11.3 Å². The quantitative estimate of drug-likeness (QED) is 0.622. The molecule has 27 heavy (non-hydrogen) atoms. The van der Waals surface area contributed by atoms with Crippen LogP contribution >= 0.6 is 0 Å². The summed E-state index contributed by atoms with van der Waals surface area (Å²) in [6.07, 6.45) is -4.50. The number of halogens is 3. The first-order valence-corrected chi connectivity index (χ1v) is 8.00. The second kappa shape index (κ2) is 6.79. The lowest BCUT2D eigenvalue weighted by Crippen LogP contribution is -2.13. The number of amides is 1. The Labute approximate surface area is 152 Å². The fraction of sp³-hybridized carbons (Fsp3) is 0.158. The summed E-state index contributed by atoms with van der Waals surface area (Å²) in [5, 5.41) is 19.0. The van der Waals surface area contributed by atoms with Gasteiger partial charge in [-0.2, -0.15) is 18.3 Å². The van der Waals surface area contributed by atoms with Crippen molar-refractivity contribution >= 4 is 11.6 Å². The smallest absolute Gasteiger partial charge is 0.416 e. The van der Waals surface area contributed by atoms with Crippen LogP contribution < -0.4 is 5.32 Å². The van der Waals surface area contributed by atoms with Crippen LogP contribution in [0.5, 0.6) is 5.75 Å². The van der Waals surface area contributed by atoms with Gasteiger partial charge in [0, 0.05) is 11.3 Å². The third kappa shape index (κ3) is 3.94. The van der Waals surface area contributed by atoms with E-state index in [1.54, 1.807) is 12.1 Å². The number of nitrogens with one attached hydrogen (secondary N) is 2. The highest BCUT2D eigenvalue weighted by Crippen LogP contribution is 2.32. The predicted molar refractivity (Wildman–Crippen MR) is 94.6 cm³/mol. The normalized spacial score (nSPS) is 11.4. The molecule has 1 heterocycles. The van der Waals surface area contributed by atoms with E-state index in [4.69, 9.17) is 0 Å². The number of aromatic nitrogens is 2. The zero-order valence-electron chi connectivity index (χ0n) is 14.5. The number of H-pyrrole nitrogens is 1. The van der Waals surface area contributed by atoms with Gasteiger partial charge in [-0.15, -0.1) is 0 Å². The van der Waals surface area contributed by atoms with Gasteiger partial charge >= 0.3 is 6.18 Å². The Kier molecular flexibility index (Phi) is 4.65. The molecule has 0 aliphatic rings. The molecule has 140 valence electrons. The van der Waals surface area contributed by atoms with Crippen LogP contribution in [0, 0.1) is 13.8 Å². The minimum atomic E-state index is -4.50. The third-order valence-corrected chi connectivity index (χ3v) is 4.16. The van der Waals surface area contributed by atoms with Gasteiger partial charge in [0.15, 0.2) is 0 Å². The lowest BCUT2D eigenvalue weighted by atomic mass is 10.0. The van der Waals surface area contributed by atoms with Gasteiger partial charge in [0.25, 0.3) is 5.91 Å². The highest BCUT2D eigenvalue weighted by Gasteiger charge is 2.30. The van der Waals surface area contributed by atoms with Crippen LogP contribution in [-0.2, 0) is 6.18 Å². The summed E-state index contributed by atoms with van der Waals surface area (Å²) < 4.78 is 38.3. The van der Waals surface area contributed by atoms with Crippen molar-refractivity contribution in [1.82, 2.24) is 10.2 Å². The van der Waals surface area contributed by atoms with E-state index in [0.29, 0.717) is 11.3 Å². The summed E-state index contributed by atoms with van der Waals surface area (Å²) in [7, 11) is 0. The van der Waals surface area contributed by atoms with Crippen molar-refractivity contribution in [2.24, 2.45) is 0 Å². The molecule has 0 aliphatic heterocycles. The van der Waals surface area contributed by atoms with Crippen molar-refractivity contribution in [3.8, 4) is 17.0 Å². The fourth-order valence-corrected chi connectivity index (χ4v) is 2.55. The molecule has 3 N–H and O–H groups in total. The molecule has 1 aromatic heterocycles. The van der Waals surface area contributed by atoms with Crippen LogP contribution in [0.25, 0.3) is 11.3 Å². The average Bonchev–Trinajstić information content (AvgIpc) is 3.07. The molecule has 0 spiro atoms. The Hall–Kier alpha value is -3.29. The number of carbonyl (C=O) groups excluding carboxylic acids is 1. The van der Waals surface area contributed by atoms with E-state index >= 15 is 0 Å². The molecular weight excluding hydrogens is 359 g/mol. The van der Waals surface area contributed by atoms with Gasteiger partial charge in [-0.25, -0.2) is 0 Å². The van der Waals surface area contributed by atoms with E-state index in [1.807, 2.05) is 13.8 Å².